The number of carbonyl (C=O) groups is 1. The molecule has 0 radical (unpaired) electrons. The summed E-state index contributed by atoms with van der Waals surface area (Å²) in [6.45, 7) is 1.58. The highest BCUT2D eigenvalue weighted by molar-refractivity contribution is 6.30. The molecule has 8 heteroatoms. The second-order valence-electron chi connectivity index (χ2n) is 4.57. The molecule has 0 aromatic carbocycles. The summed E-state index contributed by atoms with van der Waals surface area (Å²) in [4.78, 5) is 23.3. The minimum Gasteiger partial charge on any atom is -0.459 e. The van der Waals surface area contributed by atoms with E-state index in [0.29, 0.717) is 22.1 Å². The molecular weight excluding hydrogens is 296 g/mol. The Labute approximate surface area is 125 Å². The highest BCUT2D eigenvalue weighted by Crippen LogP contribution is 2.19. The van der Waals surface area contributed by atoms with Gasteiger partial charge in [0.1, 0.15) is 18.3 Å². The summed E-state index contributed by atoms with van der Waals surface area (Å²) in [5, 5.41) is 4.54. The van der Waals surface area contributed by atoms with Crippen LogP contribution in [-0.4, -0.2) is 20.3 Å². The van der Waals surface area contributed by atoms with Gasteiger partial charge in [0.25, 0.3) is 5.56 Å². The van der Waals surface area contributed by atoms with E-state index in [1.807, 2.05) is 0 Å². The van der Waals surface area contributed by atoms with Gasteiger partial charge in [0.05, 0.1) is 5.69 Å². The van der Waals surface area contributed by atoms with E-state index in [9.17, 15) is 9.59 Å². The number of nitrogens with zero attached hydrogens (tertiary/aromatic N) is 3. The van der Waals surface area contributed by atoms with Gasteiger partial charge in [0.2, 0.25) is 0 Å². The van der Waals surface area contributed by atoms with E-state index in [1.165, 1.54) is 27.6 Å². The van der Waals surface area contributed by atoms with Crippen LogP contribution in [0.15, 0.2) is 23.1 Å². The summed E-state index contributed by atoms with van der Waals surface area (Å²) in [6.07, 6.45) is 1.39. The van der Waals surface area contributed by atoms with Crippen LogP contribution < -0.4 is 11.3 Å². The molecule has 2 N–H and O–H groups in total. The van der Waals surface area contributed by atoms with Gasteiger partial charge >= 0.3 is 5.97 Å². The summed E-state index contributed by atoms with van der Waals surface area (Å²) in [6, 6.07) is 2.77. The fourth-order valence-corrected chi connectivity index (χ4v) is 2.08. The zero-order valence-electron chi connectivity index (χ0n) is 11.7. The Morgan fingerprint density at radius 2 is 2.19 bits per heavy atom. The van der Waals surface area contributed by atoms with E-state index in [-0.39, 0.29) is 18.7 Å². The Hall–Kier alpha value is -2.28. The minimum absolute atomic E-state index is 0.00834. The van der Waals surface area contributed by atoms with Crippen LogP contribution in [0.2, 0.25) is 5.15 Å². The van der Waals surface area contributed by atoms with Crippen LogP contribution in [0.4, 0.5) is 5.69 Å². The summed E-state index contributed by atoms with van der Waals surface area (Å²) >= 11 is 6.04. The molecule has 0 spiro atoms. The molecule has 0 unspecified atom stereocenters. The standard InChI is InChI=1S/C13H15ClN4O3/c1-8-10(13(14)17(2)16-8)7-21-12(20)6-18-5-9(15)3-4-11(18)19/h3-5H,6-7,15H2,1-2H3. The van der Waals surface area contributed by atoms with Gasteiger partial charge in [-0.05, 0) is 13.0 Å². The lowest BCUT2D eigenvalue weighted by Crippen LogP contribution is -2.24. The SMILES string of the molecule is Cc1nn(C)c(Cl)c1COC(=O)Cn1cc(N)ccc1=O. The molecule has 0 saturated heterocycles. The topological polar surface area (TPSA) is 92.1 Å². The Morgan fingerprint density at radius 3 is 2.81 bits per heavy atom. The van der Waals surface area contributed by atoms with Crippen molar-refractivity contribution in [2.24, 2.45) is 7.05 Å². The predicted molar refractivity (Wildman–Crippen MR) is 77.9 cm³/mol. The number of hydrogen-bond donors (Lipinski definition) is 1. The van der Waals surface area contributed by atoms with Gasteiger partial charge in [0, 0.05) is 30.6 Å². The number of rotatable bonds is 4. The highest BCUT2D eigenvalue weighted by Gasteiger charge is 2.14. The molecular formula is C13H15ClN4O3. The summed E-state index contributed by atoms with van der Waals surface area (Å²) < 4.78 is 7.82. The van der Waals surface area contributed by atoms with Gasteiger partial charge in [-0.15, -0.1) is 0 Å². The van der Waals surface area contributed by atoms with Crippen LogP contribution in [0.3, 0.4) is 0 Å². The van der Waals surface area contributed by atoms with Crippen molar-refractivity contribution in [3.63, 3.8) is 0 Å². The second-order valence-corrected chi connectivity index (χ2v) is 4.93. The quantitative estimate of drug-likeness (QED) is 0.846. The molecule has 112 valence electrons. The highest BCUT2D eigenvalue weighted by atomic mass is 35.5. The molecule has 2 aromatic heterocycles. The average molecular weight is 311 g/mol. The monoisotopic (exact) mass is 310 g/mol. The van der Waals surface area contributed by atoms with Crippen LogP contribution in [0.5, 0.6) is 0 Å². The molecule has 21 heavy (non-hydrogen) atoms. The number of hydrogen-bond acceptors (Lipinski definition) is 5. The molecule has 2 heterocycles. The Bertz CT molecular complexity index is 736. The molecule has 2 aromatic rings. The van der Waals surface area contributed by atoms with Crippen LogP contribution in [-0.2, 0) is 29.7 Å². The molecule has 2 rings (SSSR count). The first kappa shape index (κ1) is 15.1. The van der Waals surface area contributed by atoms with Crippen molar-refractivity contribution in [3.8, 4) is 0 Å². The number of carbonyl (C=O) groups excluding carboxylic acids is 1. The first-order valence-corrected chi connectivity index (χ1v) is 6.56. The van der Waals surface area contributed by atoms with Crippen LogP contribution in [0, 0.1) is 6.92 Å². The van der Waals surface area contributed by atoms with Crippen molar-refractivity contribution in [2.45, 2.75) is 20.1 Å². The van der Waals surface area contributed by atoms with E-state index in [2.05, 4.69) is 5.10 Å². The van der Waals surface area contributed by atoms with Crippen LogP contribution in [0.25, 0.3) is 0 Å². The fourth-order valence-electron chi connectivity index (χ4n) is 1.85. The first-order valence-electron chi connectivity index (χ1n) is 6.18. The molecule has 0 aliphatic rings. The smallest absolute Gasteiger partial charge is 0.326 e. The normalized spacial score (nSPS) is 10.6. The van der Waals surface area contributed by atoms with Crippen molar-refractivity contribution in [1.82, 2.24) is 14.3 Å². The molecule has 0 atom stereocenters. The van der Waals surface area contributed by atoms with E-state index < -0.39 is 5.97 Å². The van der Waals surface area contributed by atoms with Gasteiger partial charge in [-0.1, -0.05) is 11.6 Å². The van der Waals surface area contributed by atoms with Gasteiger partial charge in [-0.2, -0.15) is 5.10 Å². The fraction of sp³-hybridized carbons (Fsp3) is 0.308. The maximum Gasteiger partial charge on any atom is 0.326 e. The van der Waals surface area contributed by atoms with Crippen molar-refractivity contribution in [3.05, 3.63) is 45.1 Å². The number of nitrogens with two attached hydrogens (primary N) is 1. The number of esters is 1. The number of aryl methyl sites for hydroxylation is 2. The third-order valence-corrected chi connectivity index (χ3v) is 3.43. The lowest BCUT2D eigenvalue weighted by molar-refractivity contribution is -0.145. The van der Waals surface area contributed by atoms with Crippen LogP contribution >= 0.6 is 11.6 Å². The largest absolute Gasteiger partial charge is 0.459 e. The van der Waals surface area contributed by atoms with Crippen molar-refractivity contribution in [2.75, 3.05) is 5.73 Å². The van der Waals surface area contributed by atoms with E-state index in [0.717, 1.165) is 0 Å². The van der Waals surface area contributed by atoms with Crippen molar-refractivity contribution >= 4 is 23.3 Å². The average Bonchev–Trinajstić information content (AvgIpc) is 2.66. The number of aromatic nitrogens is 3. The Balaban J connectivity index is 2.02. The molecule has 0 amide bonds. The summed E-state index contributed by atoms with van der Waals surface area (Å²) in [5.41, 5.74) is 6.98. The predicted octanol–water partition coefficient (Wildman–Crippen LogP) is 0.869. The van der Waals surface area contributed by atoms with E-state index >= 15 is 0 Å². The molecule has 0 bridgehead atoms. The van der Waals surface area contributed by atoms with Gasteiger partial charge in [0.15, 0.2) is 0 Å². The zero-order chi connectivity index (χ0) is 15.6. The minimum atomic E-state index is -0.554. The number of halogens is 1. The van der Waals surface area contributed by atoms with Gasteiger partial charge in [-0.3, -0.25) is 14.3 Å². The van der Waals surface area contributed by atoms with E-state index in [4.69, 9.17) is 22.1 Å². The lowest BCUT2D eigenvalue weighted by Gasteiger charge is -2.07. The third-order valence-electron chi connectivity index (χ3n) is 2.95. The second kappa shape index (κ2) is 6.01. The zero-order valence-corrected chi connectivity index (χ0v) is 12.4. The van der Waals surface area contributed by atoms with E-state index in [1.54, 1.807) is 14.0 Å². The molecule has 0 aliphatic heterocycles. The van der Waals surface area contributed by atoms with Gasteiger partial charge in [-0.25, -0.2) is 0 Å². The first-order chi connectivity index (χ1) is 9.88. The van der Waals surface area contributed by atoms with Crippen molar-refractivity contribution in [1.29, 1.82) is 0 Å². The maximum atomic E-state index is 11.8. The lowest BCUT2D eigenvalue weighted by atomic mass is 10.3. The molecule has 0 fully saturated rings. The Kier molecular flexibility index (Phi) is 4.32. The van der Waals surface area contributed by atoms with Gasteiger partial charge < -0.3 is 15.0 Å². The number of ether oxygens (including phenoxy) is 1. The van der Waals surface area contributed by atoms with Crippen LogP contribution in [0.1, 0.15) is 11.3 Å². The third kappa shape index (κ3) is 3.43. The Morgan fingerprint density at radius 1 is 1.48 bits per heavy atom. The molecule has 7 nitrogen and oxygen atoms in total. The molecule has 0 aliphatic carbocycles. The van der Waals surface area contributed by atoms with Crippen molar-refractivity contribution < 1.29 is 9.53 Å². The maximum absolute atomic E-state index is 11.8. The number of nitrogen functional groups attached to an aromatic ring is 1. The summed E-state index contributed by atoms with van der Waals surface area (Å²) in [7, 11) is 1.70. The summed E-state index contributed by atoms with van der Waals surface area (Å²) in [5.74, 6) is -0.554. The number of pyridine rings is 1. The molecule has 0 saturated carbocycles. The number of anilines is 1.